The summed E-state index contributed by atoms with van der Waals surface area (Å²) in [4.78, 5) is 38.4. The lowest BCUT2D eigenvalue weighted by molar-refractivity contribution is -0.143. The lowest BCUT2D eigenvalue weighted by Gasteiger charge is -2.14. The number of aryl methyl sites for hydroxylation is 1. The summed E-state index contributed by atoms with van der Waals surface area (Å²) in [6.07, 6.45) is 1.66. The molecule has 0 bridgehead atoms. The third-order valence-corrected chi connectivity index (χ3v) is 6.20. The van der Waals surface area contributed by atoms with E-state index >= 15 is 0 Å². The quantitative estimate of drug-likeness (QED) is 0.258. The molecule has 2 aromatic rings. The first kappa shape index (κ1) is 24.1. The van der Waals surface area contributed by atoms with Crippen LogP contribution in [-0.4, -0.2) is 42.3 Å². The Morgan fingerprint density at radius 3 is 2.66 bits per heavy atom. The van der Waals surface area contributed by atoms with Crippen molar-refractivity contribution in [1.82, 2.24) is 4.90 Å². The van der Waals surface area contributed by atoms with Gasteiger partial charge in [0.1, 0.15) is 0 Å². The monoisotopic (exact) mass is 567 g/mol. The fourth-order valence-corrected chi connectivity index (χ4v) is 4.66. The fourth-order valence-electron chi connectivity index (χ4n) is 3.05. The predicted octanol–water partition coefficient (Wildman–Crippen LogP) is 4.79. The zero-order valence-corrected chi connectivity index (χ0v) is 20.8. The van der Waals surface area contributed by atoms with Crippen molar-refractivity contribution in [1.29, 1.82) is 0 Å². The third-order valence-electron chi connectivity index (χ3n) is 4.49. The fraction of sp³-hybridized carbons (Fsp3) is 0.261. The van der Waals surface area contributed by atoms with Gasteiger partial charge in [-0.1, -0.05) is 29.8 Å². The van der Waals surface area contributed by atoms with Crippen molar-refractivity contribution in [2.45, 2.75) is 20.4 Å². The average molecular weight is 567 g/mol. The molecule has 2 amide bonds. The summed E-state index contributed by atoms with van der Waals surface area (Å²) in [5.41, 5.74) is 2.65. The van der Waals surface area contributed by atoms with Gasteiger partial charge in [0, 0.05) is 0 Å². The molecule has 3 rings (SSSR count). The number of ether oxygens (including phenoxy) is 3. The molecule has 0 radical (unpaired) electrons. The van der Waals surface area contributed by atoms with E-state index in [1.54, 1.807) is 18.2 Å². The van der Waals surface area contributed by atoms with E-state index in [9.17, 15) is 14.4 Å². The van der Waals surface area contributed by atoms with Crippen molar-refractivity contribution in [3.05, 3.63) is 61.6 Å². The first-order valence-electron chi connectivity index (χ1n) is 9.79. The first-order chi connectivity index (χ1) is 15.3. The lowest BCUT2D eigenvalue weighted by Crippen LogP contribution is -2.27. The van der Waals surface area contributed by atoms with Crippen LogP contribution >= 0.6 is 34.4 Å². The van der Waals surface area contributed by atoms with Gasteiger partial charge in [-0.2, -0.15) is 0 Å². The molecule has 0 saturated carbocycles. The molecule has 32 heavy (non-hydrogen) atoms. The Morgan fingerprint density at radius 2 is 1.97 bits per heavy atom. The van der Waals surface area contributed by atoms with Crippen LogP contribution in [0.4, 0.5) is 4.79 Å². The predicted molar refractivity (Wildman–Crippen MR) is 131 cm³/mol. The number of methoxy groups -OCH3 is 1. The third kappa shape index (κ3) is 5.83. The summed E-state index contributed by atoms with van der Waals surface area (Å²) in [5.74, 6) is 0.0196. The summed E-state index contributed by atoms with van der Waals surface area (Å²) in [5, 5.41) is -0.305. The number of hydrogen-bond acceptors (Lipinski definition) is 7. The highest BCUT2D eigenvalue weighted by Crippen LogP contribution is 2.38. The van der Waals surface area contributed by atoms with Crippen LogP contribution in [0, 0.1) is 10.5 Å². The molecule has 0 atom stereocenters. The number of amides is 2. The van der Waals surface area contributed by atoms with Gasteiger partial charge in [-0.05, 0) is 77.5 Å². The van der Waals surface area contributed by atoms with Crippen LogP contribution in [0.5, 0.6) is 11.5 Å². The Bertz CT molecular complexity index is 1080. The molecular weight excluding hydrogens is 545 g/mol. The summed E-state index contributed by atoms with van der Waals surface area (Å²) in [6.45, 7) is 4.17. The highest BCUT2D eigenvalue weighted by Gasteiger charge is 2.35. The Morgan fingerprint density at radius 1 is 1.19 bits per heavy atom. The van der Waals surface area contributed by atoms with Gasteiger partial charge in [0.05, 0.1) is 28.7 Å². The van der Waals surface area contributed by atoms with E-state index < -0.39 is 5.97 Å². The van der Waals surface area contributed by atoms with Crippen molar-refractivity contribution in [3.63, 3.8) is 0 Å². The second-order valence-electron chi connectivity index (χ2n) is 6.88. The van der Waals surface area contributed by atoms with Crippen molar-refractivity contribution in [3.8, 4) is 11.5 Å². The highest BCUT2D eigenvalue weighted by molar-refractivity contribution is 14.1. The Labute approximate surface area is 204 Å². The van der Waals surface area contributed by atoms with Crippen LogP contribution in [0.25, 0.3) is 6.08 Å². The van der Waals surface area contributed by atoms with E-state index in [0.717, 1.165) is 22.9 Å². The number of imide groups is 1. The van der Waals surface area contributed by atoms with Crippen LogP contribution in [0.15, 0.2) is 41.3 Å². The highest BCUT2D eigenvalue weighted by atomic mass is 127. The molecule has 7 nitrogen and oxygen atoms in total. The van der Waals surface area contributed by atoms with Crippen LogP contribution < -0.4 is 9.47 Å². The van der Waals surface area contributed by atoms with Gasteiger partial charge in [0.15, 0.2) is 18.1 Å². The molecule has 0 aliphatic carbocycles. The summed E-state index contributed by atoms with van der Waals surface area (Å²) in [6, 6.07) is 11.2. The Hall–Kier alpha value is -2.53. The molecule has 1 fully saturated rings. The molecule has 1 heterocycles. The number of esters is 1. The SMILES string of the molecule is CCOc1cc(/C=C2\SC(=O)N(Cc3cccc(C)c3)C2=O)cc(I)c1OCC(=O)OC. The number of halogens is 1. The maximum absolute atomic E-state index is 12.9. The molecule has 0 aromatic heterocycles. The smallest absolute Gasteiger partial charge is 0.343 e. The molecule has 2 aromatic carbocycles. The number of benzene rings is 2. The zero-order valence-electron chi connectivity index (χ0n) is 17.8. The molecule has 0 unspecified atom stereocenters. The van der Waals surface area contributed by atoms with Crippen LogP contribution in [-0.2, 0) is 20.9 Å². The standard InChI is InChI=1S/C23H22INO6S/c1-4-30-18-10-16(9-17(24)21(18)31-13-20(26)29-3)11-19-22(27)25(23(28)32-19)12-15-7-5-6-14(2)8-15/h5-11H,4,12-13H2,1-3H3/b19-11-. The van der Waals surface area contributed by atoms with E-state index in [0.29, 0.717) is 32.1 Å². The van der Waals surface area contributed by atoms with E-state index in [4.69, 9.17) is 9.47 Å². The van der Waals surface area contributed by atoms with Crippen molar-refractivity contribution >= 4 is 57.5 Å². The molecule has 0 spiro atoms. The number of nitrogens with zero attached hydrogens (tertiary/aromatic N) is 1. The Kier molecular flexibility index (Phi) is 8.19. The maximum Gasteiger partial charge on any atom is 0.343 e. The van der Waals surface area contributed by atoms with Crippen molar-refractivity contribution < 1.29 is 28.6 Å². The number of thioether (sulfide) groups is 1. The van der Waals surface area contributed by atoms with Gasteiger partial charge < -0.3 is 14.2 Å². The van der Waals surface area contributed by atoms with Crippen LogP contribution in [0.2, 0.25) is 0 Å². The molecule has 168 valence electrons. The molecule has 1 aliphatic rings. The number of hydrogen-bond donors (Lipinski definition) is 0. The van der Waals surface area contributed by atoms with Gasteiger partial charge in [0.25, 0.3) is 11.1 Å². The Balaban J connectivity index is 1.84. The maximum atomic E-state index is 12.9. The van der Waals surface area contributed by atoms with E-state index in [-0.39, 0.29) is 24.3 Å². The minimum Gasteiger partial charge on any atom is -0.490 e. The summed E-state index contributed by atoms with van der Waals surface area (Å²) >= 11 is 2.98. The van der Waals surface area contributed by atoms with Crippen LogP contribution in [0.3, 0.4) is 0 Å². The second-order valence-corrected chi connectivity index (χ2v) is 9.04. The second kappa shape index (κ2) is 10.9. The van der Waals surface area contributed by atoms with E-state index in [1.165, 1.54) is 12.0 Å². The van der Waals surface area contributed by atoms with Gasteiger partial charge in [0.2, 0.25) is 0 Å². The van der Waals surface area contributed by atoms with Crippen molar-refractivity contribution in [2.24, 2.45) is 0 Å². The molecule has 1 saturated heterocycles. The van der Waals surface area contributed by atoms with E-state index in [2.05, 4.69) is 27.3 Å². The minimum atomic E-state index is -0.505. The number of rotatable bonds is 8. The van der Waals surface area contributed by atoms with Gasteiger partial charge >= 0.3 is 5.97 Å². The molecule has 9 heteroatoms. The average Bonchev–Trinajstić information content (AvgIpc) is 3.00. The van der Waals surface area contributed by atoms with Gasteiger partial charge in [-0.3, -0.25) is 14.5 Å². The largest absolute Gasteiger partial charge is 0.490 e. The molecule has 1 aliphatic heterocycles. The molecule has 0 N–H and O–H groups in total. The summed E-state index contributed by atoms with van der Waals surface area (Å²) in [7, 11) is 1.29. The first-order valence-corrected chi connectivity index (χ1v) is 11.7. The topological polar surface area (TPSA) is 82.1 Å². The molecular formula is C23H22INO6S. The van der Waals surface area contributed by atoms with Gasteiger partial charge in [-0.15, -0.1) is 0 Å². The normalized spacial score (nSPS) is 14.8. The minimum absolute atomic E-state index is 0.228. The van der Waals surface area contributed by atoms with E-state index in [1.807, 2.05) is 38.1 Å². The lowest BCUT2D eigenvalue weighted by atomic mass is 10.1. The van der Waals surface area contributed by atoms with Crippen molar-refractivity contribution in [2.75, 3.05) is 20.3 Å². The number of carbonyl (C=O) groups excluding carboxylic acids is 3. The van der Waals surface area contributed by atoms with Gasteiger partial charge in [-0.25, -0.2) is 4.79 Å². The number of carbonyl (C=O) groups is 3. The summed E-state index contributed by atoms with van der Waals surface area (Å²) < 4.78 is 16.5. The van der Waals surface area contributed by atoms with Crippen LogP contribution in [0.1, 0.15) is 23.6 Å². The zero-order chi connectivity index (χ0) is 23.3.